The molecule has 25 heavy (non-hydrogen) atoms. The molecule has 0 aliphatic heterocycles. The highest BCUT2D eigenvalue weighted by Crippen LogP contribution is 2.26. The van der Waals surface area contributed by atoms with Gasteiger partial charge in [0, 0.05) is 16.0 Å². The number of nitrogens with one attached hydrogen (secondary N) is 1. The minimum Gasteiger partial charge on any atom is -0.276 e. The molecule has 3 aromatic rings. The first-order valence-corrected chi connectivity index (χ1v) is 8.61. The van der Waals surface area contributed by atoms with Crippen LogP contribution in [-0.2, 0) is 0 Å². The molecule has 0 bridgehead atoms. The molecule has 0 saturated heterocycles. The van der Waals surface area contributed by atoms with Gasteiger partial charge < -0.3 is 0 Å². The van der Waals surface area contributed by atoms with Crippen molar-refractivity contribution in [2.45, 2.75) is 0 Å². The van der Waals surface area contributed by atoms with E-state index in [2.05, 4.69) is 15.5 Å². The van der Waals surface area contributed by atoms with Crippen LogP contribution in [0.25, 0.3) is 11.3 Å². The summed E-state index contributed by atoms with van der Waals surface area (Å²) < 4.78 is 13.0. The van der Waals surface area contributed by atoms with Crippen LogP contribution in [0, 0.1) is 17.1 Å². The van der Waals surface area contributed by atoms with E-state index in [9.17, 15) is 9.65 Å². The quantitative estimate of drug-likeness (QED) is 0.466. The molecule has 1 aromatic heterocycles. The zero-order valence-corrected chi connectivity index (χ0v) is 14.8. The Morgan fingerprint density at radius 3 is 2.64 bits per heavy atom. The third-order valence-corrected chi connectivity index (χ3v) is 4.57. The van der Waals surface area contributed by atoms with Crippen molar-refractivity contribution in [2.24, 2.45) is 5.10 Å². The van der Waals surface area contributed by atoms with Crippen molar-refractivity contribution in [3.05, 3.63) is 68.7 Å². The van der Waals surface area contributed by atoms with Crippen molar-refractivity contribution >= 4 is 45.9 Å². The molecule has 2 aromatic carbocycles. The zero-order chi connectivity index (χ0) is 17.8. The monoisotopic (exact) mass is 390 g/mol. The van der Waals surface area contributed by atoms with Crippen LogP contribution < -0.4 is 5.43 Å². The van der Waals surface area contributed by atoms with E-state index in [0.29, 0.717) is 26.4 Å². The summed E-state index contributed by atoms with van der Waals surface area (Å²) >= 11 is 13.2. The Morgan fingerprint density at radius 2 is 1.96 bits per heavy atom. The van der Waals surface area contributed by atoms with Gasteiger partial charge in [-0.3, -0.25) is 5.43 Å². The zero-order valence-electron chi connectivity index (χ0n) is 12.5. The molecule has 0 saturated carbocycles. The number of benzene rings is 2. The minimum atomic E-state index is -0.317. The van der Waals surface area contributed by atoms with Gasteiger partial charge in [0.2, 0.25) is 0 Å². The summed E-state index contributed by atoms with van der Waals surface area (Å²) in [7, 11) is 0. The summed E-state index contributed by atoms with van der Waals surface area (Å²) in [5.41, 5.74) is 4.78. The van der Waals surface area contributed by atoms with Crippen molar-refractivity contribution in [1.82, 2.24) is 4.98 Å². The number of hydrogen-bond acceptors (Lipinski definition) is 5. The summed E-state index contributed by atoms with van der Waals surface area (Å²) in [4.78, 5) is 4.38. The number of hydrazone groups is 1. The molecule has 1 heterocycles. The molecule has 4 nitrogen and oxygen atoms in total. The smallest absolute Gasteiger partial charge is 0.196 e. The molecule has 0 fully saturated rings. The molecule has 0 radical (unpaired) electrons. The third kappa shape index (κ3) is 4.15. The van der Waals surface area contributed by atoms with E-state index in [1.165, 1.54) is 23.5 Å². The highest BCUT2D eigenvalue weighted by Gasteiger charge is 2.11. The van der Waals surface area contributed by atoms with E-state index >= 15 is 0 Å². The Bertz CT molecular complexity index is 977. The lowest BCUT2D eigenvalue weighted by atomic mass is 10.2. The highest BCUT2D eigenvalue weighted by atomic mass is 35.5. The van der Waals surface area contributed by atoms with E-state index in [4.69, 9.17) is 23.2 Å². The SMILES string of the molecule is N#C/C(=N\Nc1ccc(Cl)cc1Cl)c1nc(-c2ccc(F)cc2)cs1. The number of anilines is 1. The molecule has 3 rings (SSSR count). The van der Waals surface area contributed by atoms with E-state index in [-0.39, 0.29) is 11.5 Å². The van der Waals surface area contributed by atoms with Gasteiger partial charge in [0.05, 0.1) is 16.4 Å². The van der Waals surface area contributed by atoms with Crippen molar-refractivity contribution < 1.29 is 4.39 Å². The second-order valence-corrected chi connectivity index (χ2v) is 6.55. The topological polar surface area (TPSA) is 61.1 Å². The molecular formula is C17H9Cl2FN4S. The highest BCUT2D eigenvalue weighted by molar-refractivity contribution is 7.12. The fourth-order valence-electron chi connectivity index (χ4n) is 1.95. The molecule has 1 N–H and O–H groups in total. The molecular weight excluding hydrogens is 382 g/mol. The molecule has 0 spiro atoms. The van der Waals surface area contributed by atoms with E-state index in [1.807, 2.05) is 6.07 Å². The molecule has 8 heteroatoms. The van der Waals surface area contributed by atoms with Gasteiger partial charge in [-0.2, -0.15) is 10.4 Å². The normalized spacial score (nSPS) is 11.2. The average Bonchev–Trinajstić information content (AvgIpc) is 3.07. The van der Waals surface area contributed by atoms with Crippen LogP contribution in [0.3, 0.4) is 0 Å². The number of hydrogen-bond donors (Lipinski definition) is 1. The fraction of sp³-hybridized carbons (Fsp3) is 0. The van der Waals surface area contributed by atoms with Gasteiger partial charge in [-0.1, -0.05) is 23.2 Å². The van der Waals surface area contributed by atoms with Crippen LogP contribution in [0.2, 0.25) is 10.0 Å². The summed E-state index contributed by atoms with van der Waals surface area (Å²) in [6.45, 7) is 0. The maximum atomic E-state index is 13.0. The molecule has 0 amide bonds. The van der Waals surface area contributed by atoms with E-state index < -0.39 is 0 Å². The van der Waals surface area contributed by atoms with Crippen molar-refractivity contribution in [3.8, 4) is 17.3 Å². The Morgan fingerprint density at radius 1 is 1.20 bits per heavy atom. The van der Waals surface area contributed by atoms with Crippen LogP contribution in [0.5, 0.6) is 0 Å². The van der Waals surface area contributed by atoms with E-state index in [0.717, 1.165) is 5.56 Å². The third-order valence-electron chi connectivity index (χ3n) is 3.17. The lowest BCUT2D eigenvalue weighted by Gasteiger charge is -2.03. The lowest BCUT2D eigenvalue weighted by molar-refractivity contribution is 0.628. The van der Waals surface area contributed by atoms with Gasteiger partial charge in [-0.25, -0.2) is 9.37 Å². The van der Waals surface area contributed by atoms with Gasteiger partial charge in [0.25, 0.3) is 0 Å². The van der Waals surface area contributed by atoms with Crippen LogP contribution in [0.4, 0.5) is 10.1 Å². The Labute approximate surface area is 157 Å². The predicted molar refractivity (Wildman–Crippen MR) is 99.7 cm³/mol. The Balaban J connectivity index is 1.84. The van der Waals surface area contributed by atoms with Crippen molar-refractivity contribution in [2.75, 3.05) is 5.43 Å². The second kappa shape index (κ2) is 7.62. The number of rotatable bonds is 4. The predicted octanol–water partition coefficient (Wildman–Crippen LogP) is 5.60. The molecule has 0 atom stereocenters. The maximum absolute atomic E-state index is 13.0. The van der Waals surface area contributed by atoms with Crippen LogP contribution >= 0.6 is 34.5 Å². The van der Waals surface area contributed by atoms with Crippen LogP contribution in [0.15, 0.2) is 52.9 Å². The first-order valence-electron chi connectivity index (χ1n) is 6.97. The standard InChI is InChI=1S/C17H9Cl2FN4S/c18-11-3-6-14(13(19)7-11)23-24-15(8-21)17-22-16(9-25-17)10-1-4-12(20)5-2-10/h1-7,9,23H/b24-15+. The summed E-state index contributed by atoms with van der Waals surface area (Å²) in [6.07, 6.45) is 0. The number of thiazole rings is 1. The van der Waals surface area contributed by atoms with Gasteiger partial charge in [-0.15, -0.1) is 11.3 Å². The number of nitrogens with zero attached hydrogens (tertiary/aromatic N) is 3. The summed E-state index contributed by atoms with van der Waals surface area (Å²) in [5.74, 6) is -0.317. The number of halogens is 3. The first kappa shape index (κ1) is 17.4. The molecule has 0 aliphatic rings. The fourth-order valence-corrected chi connectivity index (χ4v) is 3.17. The average molecular weight is 391 g/mol. The number of aromatic nitrogens is 1. The van der Waals surface area contributed by atoms with Crippen molar-refractivity contribution in [1.29, 1.82) is 5.26 Å². The van der Waals surface area contributed by atoms with Crippen LogP contribution in [0.1, 0.15) is 5.01 Å². The lowest BCUT2D eigenvalue weighted by Crippen LogP contribution is -2.01. The van der Waals surface area contributed by atoms with Gasteiger partial charge in [0.1, 0.15) is 11.9 Å². The molecule has 124 valence electrons. The van der Waals surface area contributed by atoms with Gasteiger partial charge in [0.15, 0.2) is 10.7 Å². The number of nitriles is 1. The van der Waals surface area contributed by atoms with Crippen molar-refractivity contribution in [3.63, 3.8) is 0 Å². The second-order valence-electron chi connectivity index (χ2n) is 4.85. The van der Waals surface area contributed by atoms with Crippen LogP contribution in [-0.4, -0.2) is 10.7 Å². The first-order chi connectivity index (χ1) is 12.1. The largest absolute Gasteiger partial charge is 0.276 e. The van der Waals surface area contributed by atoms with E-state index in [1.54, 1.807) is 35.7 Å². The van der Waals surface area contributed by atoms with Gasteiger partial charge in [-0.05, 0) is 42.5 Å². The Kier molecular flexibility index (Phi) is 5.29. The summed E-state index contributed by atoms with van der Waals surface area (Å²) in [6, 6.07) is 12.9. The Hall–Kier alpha value is -2.46. The summed E-state index contributed by atoms with van der Waals surface area (Å²) in [5, 5.41) is 16.5. The minimum absolute atomic E-state index is 0.115. The molecule has 0 unspecified atom stereocenters. The van der Waals surface area contributed by atoms with Gasteiger partial charge >= 0.3 is 0 Å². The molecule has 0 aliphatic carbocycles. The maximum Gasteiger partial charge on any atom is 0.196 e.